The lowest BCUT2D eigenvalue weighted by atomic mass is 9.89. The molecule has 0 fully saturated rings. The molecule has 1 heterocycles. The molecule has 0 aliphatic rings. The van der Waals surface area contributed by atoms with Crippen LogP contribution in [0.3, 0.4) is 0 Å². The third-order valence-corrected chi connectivity index (χ3v) is 6.49. The van der Waals surface area contributed by atoms with Crippen LogP contribution >= 0.6 is 0 Å². The summed E-state index contributed by atoms with van der Waals surface area (Å²) in [5.74, 6) is 0. The van der Waals surface area contributed by atoms with Crippen molar-refractivity contribution in [3.63, 3.8) is 0 Å². The van der Waals surface area contributed by atoms with E-state index in [4.69, 9.17) is 9.47 Å². The Bertz CT molecular complexity index is 709. The molecule has 4 nitrogen and oxygen atoms in total. The second-order valence-corrected chi connectivity index (χ2v) is 11.3. The van der Waals surface area contributed by atoms with Gasteiger partial charge in [0, 0.05) is 25.5 Å². The lowest BCUT2D eigenvalue weighted by Gasteiger charge is -2.26. The van der Waals surface area contributed by atoms with Gasteiger partial charge in [-0.05, 0) is 30.2 Å². The first-order valence-electron chi connectivity index (χ1n) is 14.2. The summed E-state index contributed by atoms with van der Waals surface area (Å²) in [6.45, 7) is 10.2. The minimum absolute atomic E-state index is 0.159. The molecule has 0 N–H and O–H groups in total. The molecule has 198 valence electrons. The van der Waals surface area contributed by atoms with Crippen molar-refractivity contribution in [1.29, 1.82) is 0 Å². The number of hydrogen-bond donors (Lipinski definition) is 0. The van der Waals surface area contributed by atoms with Gasteiger partial charge < -0.3 is 14.0 Å². The van der Waals surface area contributed by atoms with Gasteiger partial charge in [0.1, 0.15) is 0 Å². The number of unbranched alkanes of at least 4 members (excludes halogenated alkanes) is 11. The van der Waals surface area contributed by atoms with Crippen molar-refractivity contribution >= 4 is 0 Å². The molecule has 1 aromatic heterocycles. The molecule has 0 saturated carbocycles. The smallest absolute Gasteiger partial charge is 0.0945 e. The number of imidazole rings is 1. The first-order valence-corrected chi connectivity index (χ1v) is 14.2. The van der Waals surface area contributed by atoms with Gasteiger partial charge in [0.25, 0.3) is 0 Å². The number of aromatic nitrogens is 2. The van der Waals surface area contributed by atoms with Crippen molar-refractivity contribution in [2.24, 2.45) is 5.41 Å². The van der Waals surface area contributed by atoms with Crippen molar-refractivity contribution in [1.82, 2.24) is 9.55 Å². The van der Waals surface area contributed by atoms with Gasteiger partial charge in [-0.25, -0.2) is 4.98 Å². The molecule has 0 spiro atoms. The molecule has 2 aromatic rings. The molecule has 1 aromatic carbocycles. The maximum atomic E-state index is 6.21. The van der Waals surface area contributed by atoms with E-state index in [1.165, 1.54) is 82.6 Å². The van der Waals surface area contributed by atoms with Crippen LogP contribution in [0.4, 0.5) is 0 Å². The summed E-state index contributed by atoms with van der Waals surface area (Å²) in [6.07, 6.45) is 23.2. The van der Waals surface area contributed by atoms with Crippen LogP contribution in [0.5, 0.6) is 0 Å². The number of hydrogen-bond acceptors (Lipinski definition) is 3. The van der Waals surface area contributed by atoms with E-state index in [1.807, 2.05) is 18.6 Å². The monoisotopic (exact) mass is 484 g/mol. The Labute approximate surface area is 215 Å². The molecule has 4 heteroatoms. The van der Waals surface area contributed by atoms with E-state index in [9.17, 15) is 0 Å². The van der Waals surface area contributed by atoms with E-state index in [-0.39, 0.29) is 11.5 Å². The molecule has 1 atom stereocenters. The number of aryl methyl sites for hydroxylation is 1. The molecule has 0 saturated heterocycles. The summed E-state index contributed by atoms with van der Waals surface area (Å²) < 4.78 is 14.4. The summed E-state index contributed by atoms with van der Waals surface area (Å²) in [6, 6.07) is 10.4. The number of nitrogens with zero attached hydrogens (tertiary/aromatic N) is 2. The van der Waals surface area contributed by atoms with E-state index >= 15 is 0 Å². The van der Waals surface area contributed by atoms with Gasteiger partial charge in [-0.2, -0.15) is 0 Å². The van der Waals surface area contributed by atoms with Crippen LogP contribution in [0.15, 0.2) is 49.1 Å². The van der Waals surface area contributed by atoms with Crippen molar-refractivity contribution in [3.8, 4) is 0 Å². The molecule has 0 aliphatic heterocycles. The Morgan fingerprint density at radius 1 is 0.800 bits per heavy atom. The summed E-state index contributed by atoms with van der Waals surface area (Å²) in [7, 11) is 0. The van der Waals surface area contributed by atoms with Gasteiger partial charge in [0.15, 0.2) is 0 Å². The van der Waals surface area contributed by atoms with Crippen molar-refractivity contribution < 1.29 is 9.47 Å². The largest absolute Gasteiger partial charge is 0.379 e. The minimum atomic E-state index is 0.159. The topological polar surface area (TPSA) is 36.3 Å². The maximum Gasteiger partial charge on any atom is 0.0945 e. The first-order chi connectivity index (χ1) is 17.0. The van der Waals surface area contributed by atoms with Crippen LogP contribution in [0.2, 0.25) is 0 Å². The SMILES string of the molecule is CC(C)(C)CC(COCCCCCCCCCCCCCCn1ccnc1)OCc1ccccc1. The van der Waals surface area contributed by atoms with Gasteiger partial charge in [-0.15, -0.1) is 0 Å². The number of rotatable bonds is 21. The van der Waals surface area contributed by atoms with Crippen LogP contribution in [0.1, 0.15) is 110 Å². The predicted molar refractivity (Wildman–Crippen MR) is 148 cm³/mol. The van der Waals surface area contributed by atoms with Crippen LogP contribution in [-0.4, -0.2) is 28.9 Å². The molecule has 1 unspecified atom stereocenters. The molecule has 35 heavy (non-hydrogen) atoms. The van der Waals surface area contributed by atoms with Gasteiger partial charge in [-0.3, -0.25) is 0 Å². The van der Waals surface area contributed by atoms with Gasteiger partial charge in [-0.1, -0.05) is 115 Å². The van der Waals surface area contributed by atoms with E-state index in [1.54, 1.807) is 0 Å². The molecule has 0 amide bonds. The van der Waals surface area contributed by atoms with Crippen LogP contribution in [0, 0.1) is 5.41 Å². The fourth-order valence-corrected chi connectivity index (χ4v) is 4.54. The Morgan fingerprint density at radius 3 is 1.97 bits per heavy atom. The molecular weight excluding hydrogens is 432 g/mol. The highest BCUT2D eigenvalue weighted by molar-refractivity contribution is 5.13. The van der Waals surface area contributed by atoms with E-state index in [2.05, 4.69) is 60.8 Å². The zero-order valence-corrected chi connectivity index (χ0v) is 22.9. The average molecular weight is 485 g/mol. The van der Waals surface area contributed by atoms with Crippen LogP contribution in [-0.2, 0) is 22.6 Å². The van der Waals surface area contributed by atoms with E-state index < -0.39 is 0 Å². The molecular formula is C31H52N2O2. The van der Waals surface area contributed by atoms with Crippen molar-refractivity contribution in [2.75, 3.05) is 13.2 Å². The highest BCUT2D eigenvalue weighted by Crippen LogP contribution is 2.23. The van der Waals surface area contributed by atoms with Crippen LogP contribution in [0.25, 0.3) is 0 Å². The quantitative estimate of drug-likeness (QED) is 0.166. The third kappa shape index (κ3) is 16.6. The van der Waals surface area contributed by atoms with E-state index in [0.717, 1.165) is 19.6 Å². The zero-order chi connectivity index (χ0) is 25.0. The van der Waals surface area contributed by atoms with Crippen LogP contribution < -0.4 is 0 Å². The first kappa shape index (κ1) is 29.6. The fraction of sp³-hybridized carbons (Fsp3) is 0.710. The standard InChI is InChI=1S/C31H52N2O2/c1-31(2,3)25-30(35-26-29-19-15-14-16-20-29)27-34-24-18-13-11-9-7-5-4-6-8-10-12-17-22-33-23-21-32-28-33/h14-16,19-21,23,28,30H,4-13,17-18,22,24-27H2,1-3H3. The average Bonchev–Trinajstić information content (AvgIpc) is 3.35. The highest BCUT2D eigenvalue weighted by atomic mass is 16.5. The van der Waals surface area contributed by atoms with Gasteiger partial charge in [0.05, 0.1) is 25.6 Å². The second kappa shape index (κ2) is 18.6. The Morgan fingerprint density at radius 2 is 1.40 bits per heavy atom. The number of ether oxygens (including phenoxy) is 2. The van der Waals surface area contributed by atoms with E-state index in [0.29, 0.717) is 13.2 Å². The highest BCUT2D eigenvalue weighted by Gasteiger charge is 2.19. The fourth-order valence-electron chi connectivity index (χ4n) is 4.54. The Balaban J connectivity index is 1.37. The third-order valence-electron chi connectivity index (χ3n) is 6.49. The minimum Gasteiger partial charge on any atom is -0.379 e. The molecule has 0 aliphatic carbocycles. The second-order valence-electron chi connectivity index (χ2n) is 11.3. The summed E-state index contributed by atoms with van der Waals surface area (Å²) in [4.78, 5) is 4.09. The summed E-state index contributed by atoms with van der Waals surface area (Å²) in [5, 5.41) is 0. The number of benzene rings is 1. The molecule has 2 rings (SSSR count). The summed E-state index contributed by atoms with van der Waals surface area (Å²) in [5.41, 5.74) is 1.47. The summed E-state index contributed by atoms with van der Waals surface area (Å²) >= 11 is 0. The van der Waals surface area contributed by atoms with Gasteiger partial charge >= 0.3 is 0 Å². The predicted octanol–water partition coefficient (Wildman–Crippen LogP) is 8.60. The lowest BCUT2D eigenvalue weighted by Crippen LogP contribution is -2.26. The van der Waals surface area contributed by atoms with Crippen molar-refractivity contribution in [3.05, 3.63) is 54.6 Å². The lowest BCUT2D eigenvalue weighted by molar-refractivity contribution is -0.0430. The normalized spacial score (nSPS) is 12.8. The zero-order valence-electron chi connectivity index (χ0n) is 22.9. The Kier molecular flexibility index (Phi) is 15.7. The maximum absolute atomic E-state index is 6.21. The van der Waals surface area contributed by atoms with Crippen molar-refractivity contribution in [2.45, 2.75) is 123 Å². The molecule has 0 radical (unpaired) electrons. The Hall–Kier alpha value is -1.65. The molecule has 0 bridgehead atoms. The van der Waals surface area contributed by atoms with Gasteiger partial charge in [0.2, 0.25) is 0 Å².